The minimum atomic E-state index is -4.82. The van der Waals surface area contributed by atoms with Crippen LogP contribution >= 0.6 is 0 Å². The summed E-state index contributed by atoms with van der Waals surface area (Å²) in [6.07, 6.45) is -4.82. The quantitative estimate of drug-likeness (QED) is 0.373. The molecule has 36 heavy (non-hydrogen) atoms. The SMILES string of the molecule is CN(C(=O)N1CC(c2ccccc2)C(c2ccc(OC(F)F)cc2)=N1)c1ccc(OC(F)(F)F)cc1. The number of anilines is 1. The summed E-state index contributed by atoms with van der Waals surface area (Å²) >= 11 is 0. The molecule has 0 spiro atoms. The molecule has 4 rings (SSSR count). The van der Waals surface area contributed by atoms with Crippen LogP contribution in [0.2, 0.25) is 0 Å². The third-order valence-corrected chi connectivity index (χ3v) is 5.46. The Morgan fingerprint density at radius 1 is 0.972 bits per heavy atom. The van der Waals surface area contributed by atoms with Gasteiger partial charge in [0, 0.05) is 18.7 Å². The van der Waals surface area contributed by atoms with Gasteiger partial charge in [-0.2, -0.15) is 13.9 Å². The molecule has 1 unspecified atom stereocenters. The highest BCUT2D eigenvalue weighted by atomic mass is 19.4. The number of amides is 2. The number of carbonyl (C=O) groups excluding carboxylic acids is 1. The first-order valence-electron chi connectivity index (χ1n) is 10.7. The van der Waals surface area contributed by atoms with Crippen molar-refractivity contribution < 1.29 is 36.2 Å². The number of benzene rings is 3. The second-order valence-corrected chi connectivity index (χ2v) is 7.82. The summed E-state index contributed by atoms with van der Waals surface area (Å²) in [5.41, 5.74) is 2.41. The predicted molar refractivity (Wildman–Crippen MR) is 122 cm³/mol. The molecule has 0 aromatic heterocycles. The van der Waals surface area contributed by atoms with E-state index in [0.29, 0.717) is 17.0 Å². The van der Waals surface area contributed by atoms with E-state index in [4.69, 9.17) is 0 Å². The number of rotatable bonds is 6. The zero-order chi connectivity index (χ0) is 25.9. The van der Waals surface area contributed by atoms with Crippen molar-refractivity contribution in [2.24, 2.45) is 5.10 Å². The molecular formula is C25H20F5N3O3. The van der Waals surface area contributed by atoms with Crippen molar-refractivity contribution in [1.29, 1.82) is 0 Å². The van der Waals surface area contributed by atoms with Crippen molar-refractivity contribution in [1.82, 2.24) is 5.01 Å². The summed E-state index contributed by atoms with van der Waals surface area (Å²) in [5.74, 6) is -0.709. The van der Waals surface area contributed by atoms with Gasteiger partial charge < -0.3 is 9.47 Å². The summed E-state index contributed by atoms with van der Waals surface area (Å²) in [7, 11) is 1.48. The fourth-order valence-electron chi connectivity index (χ4n) is 3.79. The van der Waals surface area contributed by atoms with E-state index in [9.17, 15) is 26.7 Å². The van der Waals surface area contributed by atoms with Crippen LogP contribution in [0.25, 0.3) is 0 Å². The molecule has 0 bridgehead atoms. The highest BCUT2D eigenvalue weighted by Crippen LogP contribution is 2.31. The Labute approximate surface area is 203 Å². The number of hydrogen-bond donors (Lipinski definition) is 0. The van der Waals surface area contributed by atoms with E-state index < -0.39 is 24.8 Å². The number of nitrogens with zero attached hydrogens (tertiary/aromatic N) is 3. The van der Waals surface area contributed by atoms with Gasteiger partial charge in [0.2, 0.25) is 0 Å². The Bertz CT molecular complexity index is 1220. The lowest BCUT2D eigenvalue weighted by Gasteiger charge is -2.23. The summed E-state index contributed by atoms with van der Waals surface area (Å²) in [4.78, 5) is 14.5. The number of alkyl halides is 5. The van der Waals surface area contributed by atoms with Crippen LogP contribution in [-0.4, -0.2) is 43.3 Å². The summed E-state index contributed by atoms with van der Waals surface area (Å²) < 4.78 is 70.5. The van der Waals surface area contributed by atoms with Gasteiger partial charge in [-0.1, -0.05) is 30.3 Å². The maximum absolute atomic E-state index is 13.2. The highest BCUT2D eigenvalue weighted by molar-refractivity contribution is 6.08. The third kappa shape index (κ3) is 5.91. The highest BCUT2D eigenvalue weighted by Gasteiger charge is 2.34. The van der Waals surface area contributed by atoms with Gasteiger partial charge in [-0.05, 0) is 59.7 Å². The van der Waals surface area contributed by atoms with Gasteiger partial charge in [0.15, 0.2) is 0 Å². The van der Waals surface area contributed by atoms with Gasteiger partial charge in [0.05, 0.1) is 12.3 Å². The van der Waals surface area contributed by atoms with E-state index in [0.717, 1.165) is 17.7 Å². The topological polar surface area (TPSA) is 54.4 Å². The summed E-state index contributed by atoms with van der Waals surface area (Å²) in [6.45, 7) is -2.75. The lowest BCUT2D eigenvalue weighted by atomic mass is 9.90. The smallest absolute Gasteiger partial charge is 0.435 e. The van der Waals surface area contributed by atoms with E-state index in [1.54, 1.807) is 12.1 Å². The molecule has 0 aliphatic carbocycles. The first-order chi connectivity index (χ1) is 17.1. The lowest BCUT2D eigenvalue weighted by molar-refractivity contribution is -0.274. The molecule has 1 atom stereocenters. The Balaban J connectivity index is 1.58. The molecule has 1 aliphatic heterocycles. The Kier molecular flexibility index (Phi) is 7.09. The van der Waals surface area contributed by atoms with Gasteiger partial charge >= 0.3 is 19.0 Å². The van der Waals surface area contributed by atoms with Crippen LogP contribution < -0.4 is 14.4 Å². The molecule has 0 fully saturated rings. The first kappa shape index (κ1) is 25.0. The van der Waals surface area contributed by atoms with Crippen LogP contribution in [0, 0.1) is 0 Å². The molecule has 0 N–H and O–H groups in total. The number of ether oxygens (including phenoxy) is 2. The maximum atomic E-state index is 13.2. The molecule has 3 aromatic carbocycles. The second kappa shape index (κ2) is 10.2. The van der Waals surface area contributed by atoms with Crippen molar-refractivity contribution in [3.63, 3.8) is 0 Å². The van der Waals surface area contributed by atoms with Crippen molar-refractivity contribution in [3.8, 4) is 11.5 Å². The van der Waals surface area contributed by atoms with Crippen molar-refractivity contribution in [2.75, 3.05) is 18.5 Å². The Morgan fingerprint density at radius 3 is 2.17 bits per heavy atom. The molecule has 0 saturated heterocycles. The fourth-order valence-corrected chi connectivity index (χ4v) is 3.79. The molecule has 188 valence electrons. The van der Waals surface area contributed by atoms with Crippen LogP contribution in [0.3, 0.4) is 0 Å². The Hall–Kier alpha value is -4.15. The predicted octanol–water partition coefficient (Wildman–Crippen LogP) is 6.25. The molecule has 1 aliphatic rings. The van der Waals surface area contributed by atoms with Gasteiger partial charge in [0.1, 0.15) is 11.5 Å². The van der Waals surface area contributed by atoms with Gasteiger partial charge in [-0.15, -0.1) is 13.2 Å². The van der Waals surface area contributed by atoms with Gasteiger partial charge in [-0.3, -0.25) is 4.90 Å². The zero-order valence-corrected chi connectivity index (χ0v) is 18.8. The monoisotopic (exact) mass is 505 g/mol. The number of hydrogen-bond acceptors (Lipinski definition) is 4. The second-order valence-electron chi connectivity index (χ2n) is 7.82. The fraction of sp³-hybridized carbons (Fsp3) is 0.200. The van der Waals surface area contributed by atoms with Crippen LogP contribution in [0.1, 0.15) is 17.0 Å². The van der Waals surface area contributed by atoms with Crippen LogP contribution in [0.5, 0.6) is 11.5 Å². The van der Waals surface area contributed by atoms with Crippen molar-refractivity contribution >= 4 is 17.4 Å². The lowest BCUT2D eigenvalue weighted by Crippen LogP contribution is -2.37. The Morgan fingerprint density at radius 2 is 1.58 bits per heavy atom. The normalized spacial score (nSPS) is 15.6. The minimum Gasteiger partial charge on any atom is -0.435 e. The molecule has 6 nitrogen and oxygen atoms in total. The van der Waals surface area contributed by atoms with E-state index >= 15 is 0 Å². The third-order valence-electron chi connectivity index (χ3n) is 5.46. The molecule has 0 radical (unpaired) electrons. The van der Waals surface area contributed by atoms with E-state index in [-0.39, 0.29) is 18.2 Å². The minimum absolute atomic E-state index is 0.00535. The number of halogens is 5. The van der Waals surface area contributed by atoms with Crippen molar-refractivity contribution in [3.05, 3.63) is 90.0 Å². The molecule has 3 aromatic rings. The van der Waals surface area contributed by atoms with Crippen molar-refractivity contribution in [2.45, 2.75) is 18.9 Å². The summed E-state index contributed by atoms with van der Waals surface area (Å²) in [6, 6.07) is 19.7. The standard InChI is InChI=1S/C25H20F5N3O3/c1-32(18-9-13-20(14-10-18)36-25(28,29)30)24(34)33-15-21(16-5-3-2-4-6-16)22(31-33)17-7-11-19(12-8-17)35-23(26)27/h2-14,21,23H,15H2,1H3. The zero-order valence-electron chi connectivity index (χ0n) is 18.8. The van der Waals surface area contributed by atoms with Crippen LogP contribution in [-0.2, 0) is 0 Å². The number of urea groups is 1. The first-order valence-corrected chi connectivity index (χ1v) is 10.7. The average molecular weight is 505 g/mol. The van der Waals surface area contributed by atoms with Gasteiger partial charge in [0.25, 0.3) is 0 Å². The average Bonchev–Trinajstić information content (AvgIpc) is 3.29. The van der Waals surface area contributed by atoms with E-state index in [1.165, 1.54) is 41.2 Å². The van der Waals surface area contributed by atoms with E-state index in [2.05, 4.69) is 14.6 Å². The number of hydrazone groups is 1. The number of carbonyl (C=O) groups is 1. The maximum Gasteiger partial charge on any atom is 0.573 e. The molecule has 11 heteroatoms. The van der Waals surface area contributed by atoms with Crippen LogP contribution in [0.4, 0.5) is 32.4 Å². The van der Waals surface area contributed by atoms with Gasteiger partial charge in [-0.25, -0.2) is 9.80 Å². The molecule has 0 saturated carbocycles. The summed E-state index contributed by atoms with van der Waals surface area (Å²) in [5, 5.41) is 5.78. The van der Waals surface area contributed by atoms with Crippen LogP contribution in [0.15, 0.2) is 84.0 Å². The molecule has 1 heterocycles. The molecular weight excluding hydrogens is 485 g/mol. The van der Waals surface area contributed by atoms with E-state index in [1.807, 2.05) is 30.3 Å². The molecule has 2 amide bonds. The largest absolute Gasteiger partial charge is 0.573 e.